The predicted molar refractivity (Wildman–Crippen MR) is 75.8 cm³/mol. The van der Waals surface area contributed by atoms with E-state index in [-0.39, 0.29) is 23.2 Å². The number of aromatic nitrogens is 2. The zero-order valence-corrected chi connectivity index (χ0v) is 11.2. The first-order valence-electron chi connectivity index (χ1n) is 6.41. The number of phenolic OH excluding ortho intramolecular Hbond substituents is 1. The molecule has 5 nitrogen and oxygen atoms in total. The first-order chi connectivity index (χ1) is 9.60. The van der Waals surface area contributed by atoms with E-state index in [0.717, 1.165) is 6.42 Å². The summed E-state index contributed by atoms with van der Waals surface area (Å²) in [6.07, 6.45) is 2.40. The molecule has 1 aromatic heterocycles. The van der Waals surface area contributed by atoms with Gasteiger partial charge in [-0.15, -0.1) is 0 Å². The minimum absolute atomic E-state index is 0.0380. The first-order valence-corrected chi connectivity index (χ1v) is 6.41. The number of anilines is 1. The number of nitrogens with zero attached hydrogens (tertiary/aromatic N) is 2. The molecule has 0 aliphatic carbocycles. The van der Waals surface area contributed by atoms with Gasteiger partial charge in [-0.3, -0.25) is 0 Å². The lowest BCUT2D eigenvalue weighted by Crippen LogP contribution is -2.28. The van der Waals surface area contributed by atoms with Crippen LogP contribution in [0.2, 0.25) is 0 Å². The van der Waals surface area contributed by atoms with E-state index < -0.39 is 5.82 Å². The molecule has 20 heavy (non-hydrogen) atoms. The summed E-state index contributed by atoms with van der Waals surface area (Å²) in [6, 6.07) is 5.40. The second-order valence-corrected chi connectivity index (χ2v) is 4.48. The minimum Gasteiger partial charge on any atom is -0.507 e. The van der Waals surface area contributed by atoms with Crippen molar-refractivity contribution < 1.29 is 9.50 Å². The quantitative estimate of drug-likeness (QED) is 0.779. The van der Waals surface area contributed by atoms with E-state index in [1.54, 1.807) is 12.3 Å². The van der Waals surface area contributed by atoms with Gasteiger partial charge in [0.15, 0.2) is 5.82 Å². The smallest absolute Gasteiger partial charge is 0.165 e. The van der Waals surface area contributed by atoms with Crippen molar-refractivity contribution in [3.05, 3.63) is 36.3 Å². The molecule has 0 saturated heterocycles. The van der Waals surface area contributed by atoms with Gasteiger partial charge in [0.1, 0.15) is 17.4 Å². The van der Waals surface area contributed by atoms with Gasteiger partial charge >= 0.3 is 0 Å². The Morgan fingerprint density at radius 2 is 2.20 bits per heavy atom. The number of aromatic hydroxyl groups is 1. The van der Waals surface area contributed by atoms with Crippen LogP contribution in [0.15, 0.2) is 30.5 Å². The molecule has 0 spiro atoms. The van der Waals surface area contributed by atoms with Crippen LogP contribution in [0, 0.1) is 5.82 Å². The van der Waals surface area contributed by atoms with Gasteiger partial charge in [-0.05, 0) is 30.7 Å². The molecule has 2 rings (SSSR count). The molecule has 0 bridgehead atoms. The molecule has 6 heteroatoms. The summed E-state index contributed by atoms with van der Waals surface area (Å²) in [5.74, 6) is 0.334. The van der Waals surface area contributed by atoms with Crippen molar-refractivity contribution in [2.75, 3.05) is 11.9 Å². The summed E-state index contributed by atoms with van der Waals surface area (Å²) < 4.78 is 13.2. The highest BCUT2D eigenvalue weighted by molar-refractivity contribution is 5.64. The zero-order chi connectivity index (χ0) is 14.5. The second-order valence-electron chi connectivity index (χ2n) is 4.48. The highest BCUT2D eigenvalue weighted by Gasteiger charge is 2.09. The number of rotatable bonds is 5. The van der Waals surface area contributed by atoms with Crippen molar-refractivity contribution in [2.45, 2.75) is 19.4 Å². The molecule has 106 valence electrons. The normalized spacial score (nSPS) is 12.2. The lowest BCUT2D eigenvalue weighted by molar-refractivity contribution is 0.474. The molecule has 0 fully saturated rings. The maximum atomic E-state index is 13.2. The van der Waals surface area contributed by atoms with Gasteiger partial charge in [0.05, 0.1) is 5.56 Å². The Hall–Kier alpha value is -2.21. The number of hydrogen-bond acceptors (Lipinski definition) is 5. The van der Waals surface area contributed by atoms with Gasteiger partial charge in [-0.2, -0.15) is 0 Å². The Labute approximate surface area is 116 Å². The standard InChI is InChI=1S/C14H17FN4O/c1-2-10(16)8-18-13-5-6-17-14(19-13)11-7-9(15)3-4-12(11)20/h3-7,10,20H,2,8,16H2,1H3,(H,17,18,19). The molecule has 1 heterocycles. The van der Waals surface area contributed by atoms with E-state index >= 15 is 0 Å². The van der Waals surface area contributed by atoms with Crippen LogP contribution in [0.25, 0.3) is 11.4 Å². The lowest BCUT2D eigenvalue weighted by atomic mass is 10.2. The van der Waals surface area contributed by atoms with Crippen LogP contribution in [-0.2, 0) is 0 Å². The molecule has 0 radical (unpaired) electrons. The fraction of sp³-hybridized carbons (Fsp3) is 0.286. The topological polar surface area (TPSA) is 84.1 Å². The van der Waals surface area contributed by atoms with Crippen LogP contribution < -0.4 is 11.1 Å². The van der Waals surface area contributed by atoms with E-state index in [4.69, 9.17) is 5.73 Å². The van der Waals surface area contributed by atoms with Crippen molar-refractivity contribution >= 4 is 5.82 Å². The second kappa shape index (κ2) is 6.29. The SMILES string of the molecule is CCC(N)CNc1ccnc(-c2cc(F)ccc2O)n1. The van der Waals surface area contributed by atoms with Crippen LogP contribution in [-0.4, -0.2) is 27.7 Å². The van der Waals surface area contributed by atoms with Gasteiger partial charge in [-0.25, -0.2) is 14.4 Å². The van der Waals surface area contributed by atoms with Gasteiger partial charge in [0, 0.05) is 18.8 Å². The fourth-order valence-corrected chi connectivity index (χ4v) is 1.65. The average molecular weight is 276 g/mol. The van der Waals surface area contributed by atoms with Crippen LogP contribution in [0.3, 0.4) is 0 Å². The number of halogens is 1. The van der Waals surface area contributed by atoms with Gasteiger partial charge in [0.2, 0.25) is 0 Å². The van der Waals surface area contributed by atoms with E-state index in [2.05, 4.69) is 15.3 Å². The maximum absolute atomic E-state index is 13.2. The number of hydrogen-bond donors (Lipinski definition) is 3. The number of nitrogens with two attached hydrogens (primary N) is 1. The summed E-state index contributed by atoms with van der Waals surface area (Å²) in [7, 11) is 0. The van der Waals surface area contributed by atoms with Gasteiger partial charge < -0.3 is 16.2 Å². The molecule has 4 N–H and O–H groups in total. The number of benzene rings is 1. The van der Waals surface area contributed by atoms with Crippen LogP contribution in [0.4, 0.5) is 10.2 Å². The Morgan fingerprint density at radius 1 is 1.40 bits per heavy atom. The maximum Gasteiger partial charge on any atom is 0.165 e. The molecule has 0 aliphatic rings. The first kappa shape index (κ1) is 14.2. The average Bonchev–Trinajstić information content (AvgIpc) is 2.47. The Balaban J connectivity index is 2.23. The number of nitrogens with one attached hydrogen (secondary N) is 1. The highest BCUT2D eigenvalue weighted by atomic mass is 19.1. The van der Waals surface area contributed by atoms with Crippen LogP contribution >= 0.6 is 0 Å². The molecule has 0 saturated carbocycles. The van der Waals surface area contributed by atoms with E-state index in [9.17, 15) is 9.50 Å². The van der Waals surface area contributed by atoms with Crippen molar-refractivity contribution in [1.29, 1.82) is 0 Å². The lowest BCUT2D eigenvalue weighted by Gasteiger charge is -2.11. The highest BCUT2D eigenvalue weighted by Crippen LogP contribution is 2.27. The van der Waals surface area contributed by atoms with E-state index in [0.29, 0.717) is 12.4 Å². The summed E-state index contributed by atoms with van der Waals surface area (Å²) in [5.41, 5.74) is 6.08. The van der Waals surface area contributed by atoms with Crippen LogP contribution in [0.1, 0.15) is 13.3 Å². The molecule has 1 atom stereocenters. The largest absolute Gasteiger partial charge is 0.507 e. The summed E-state index contributed by atoms with van der Waals surface area (Å²) in [4.78, 5) is 8.30. The summed E-state index contributed by atoms with van der Waals surface area (Å²) in [5, 5.41) is 12.8. The Bertz CT molecular complexity index is 591. The molecular formula is C14H17FN4O. The molecular weight excluding hydrogens is 259 g/mol. The minimum atomic E-state index is -0.451. The third-order valence-electron chi connectivity index (χ3n) is 2.92. The molecule has 0 amide bonds. The Morgan fingerprint density at radius 3 is 2.95 bits per heavy atom. The van der Waals surface area contributed by atoms with Crippen molar-refractivity contribution in [3.63, 3.8) is 0 Å². The predicted octanol–water partition coefficient (Wildman–Crippen LogP) is 2.14. The third-order valence-corrected chi connectivity index (χ3v) is 2.92. The van der Waals surface area contributed by atoms with E-state index in [1.165, 1.54) is 18.2 Å². The summed E-state index contributed by atoms with van der Waals surface area (Å²) >= 11 is 0. The summed E-state index contributed by atoms with van der Waals surface area (Å²) in [6.45, 7) is 2.59. The van der Waals surface area contributed by atoms with Gasteiger partial charge in [-0.1, -0.05) is 6.92 Å². The van der Waals surface area contributed by atoms with Crippen molar-refractivity contribution in [1.82, 2.24) is 9.97 Å². The molecule has 1 unspecified atom stereocenters. The molecule has 0 aliphatic heterocycles. The Kier molecular flexibility index (Phi) is 4.47. The van der Waals surface area contributed by atoms with Crippen molar-refractivity contribution in [2.24, 2.45) is 5.73 Å². The monoisotopic (exact) mass is 276 g/mol. The molecule has 1 aromatic carbocycles. The number of phenols is 1. The third kappa shape index (κ3) is 3.42. The van der Waals surface area contributed by atoms with Crippen LogP contribution in [0.5, 0.6) is 5.75 Å². The molecule has 2 aromatic rings. The zero-order valence-electron chi connectivity index (χ0n) is 11.2. The van der Waals surface area contributed by atoms with E-state index in [1.807, 2.05) is 6.92 Å². The van der Waals surface area contributed by atoms with Crippen molar-refractivity contribution in [3.8, 4) is 17.1 Å². The van der Waals surface area contributed by atoms with Gasteiger partial charge in [0.25, 0.3) is 0 Å². The fourth-order valence-electron chi connectivity index (χ4n) is 1.65.